The maximum atomic E-state index is 12.5. The van der Waals surface area contributed by atoms with Crippen molar-refractivity contribution in [3.05, 3.63) is 18.0 Å². The summed E-state index contributed by atoms with van der Waals surface area (Å²) in [4.78, 5) is 25.3. The molecule has 0 radical (unpaired) electrons. The molecule has 2 heterocycles. The molecule has 1 aromatic rings. The van der Waals surface area contributed by atoms with Crippen LogP contribution < -0.4 is 0 Å². The molecule has 1 amide bonds. The highest BCUT2D eigenvalue weighted by molar-refractivity contribution is 8.00. The maximum Gasteiger partial charge on any atom is 0.327 e. The highest BCUT2D eigenvalue weighted by atomic mass is 32.2. The van der Waals surface area contributed by atoms with Crippen LogP contribution in [0.25, 0.3) is 0 Å². The lowest BCUT2D eigenvalue weighted by Crippen LogP contribution is -2.47. The average Bonchev–Trinajstić information content (AvgIpc) is 2.93. The Labute approximate surface area is 115 Å². The number of nitrogens with zero attached hydrogens (tertiary/aromatic N) is 3. The van der Waals surface area contributed by atoms with Crippen molar-refractivity contribution in [2.24, 2.45) is 13.0 Å². The van der Waals surface area contributed by atoms with Gasteiger partial charge in [-0.25, -0.2) is 4.79 Å². The van der Waals surface area contributed by atoms with Gasteiger partial charge in [-0.15, -0.1) is 11.8 Å². The molecule has 1 fully saturated rings. The Hall–Kier alpha value is -1.50. The van der Waals surface area contributed by atoms with Gasteiger partial charge in [0, 0.05) is 19.0 Å². The van der Waals surface area contributed by atoms with Gasteiger partial charge in [0.2, 0.25) is 0 Å². The number of aryl methyl sites for hydroxylation is 1. The Balaban J connectivity index is 2.30. The SMILES string of the molecule is CC(C)C1SCC(C(=O)O)N1C(=O)c1cnn(C)c1. The monoisotopic (exact) mass is 283 g/mol. The Bertz CT molecular complexity index is 500. The van der Waals surface area contributed by atoms with Crippen LogP contribution in [0.15, 0.2) is 12.4 Å². The molecule has 6 nitrogen and oxygen atoms in total. The minimum absolute atomic E-state index is 0.103. The van der Waals surface area contributed by atoms with Crippen LogP contribution in [0.1, 0.15) is 24.2 Å². The smallest absolute Gasteiger partial charge is 0.327 e. The van der Waals surface area contributed by atoms with E-state index in [1.54, 1.807) is 13.2 Å². The fraction of sp³-hybridized carbons (Fsp3) is 0.583. The van der Waals surface area contributed by atoms with E-state index in [0.717, 1.165) is 0 Å². The van der Waals surface area contributed by atoms with E-state index in [1.807, 2.05) is 13.8 Å². The number of hydrogen-bond donors (Lipinski definition) is 1. The van der Waals surface area contributed by atoms with Gasteiger partial charge < -0.3 is 10.0 Å². The van der Waals surface area contributed by atoms with E-state index in [-0.39, 0.29) is 17.2 Å². The van der Waals surface area contributed by atoms with Crippen LogP contribution in [0, 0.1) is 5.92 Å². The van der Waals surface area contributed by atoms with Crippen molar-refractivity contribution in [1.29, 1.82) is 0 Å². The maximum absolute atomic E-state index is 12.5. The van der Waals surface area contributed by atoms with Crippen LogP contribution in [-0.2, 0) is 11.8 Å². The molecule has 104 valence electrons. The lowest BCUT2D eigenvalue weighted by atomic mass is 10.1. The van der Waals surface area contributed by atoms with Gasteiger partial charge in [-0.3, -0.25) is 9.48 Å². The number of hydrogen-bond acceptors (Lipinski definition) is 4. The first-order valence-electron chi connectivity index (χ1n) is 6.07. The van der Waals surface area contributed by atoms with Gasteiger partial charge in [0.1, 0.15) is 6.04 Å². The van der Waals surface area contributed by atoms with Gasteiger partial charge in [0.25, 0.3) is 5.91 Å². The molecule has 1 aliphatic heterocycles. The standard InChI is InChI=1S/C12H17N3O3S/c1-7(2)11-15(9(6-19-11)12(17)18)10(16)8-4-13-14(3)5-8/h4-5,7,9,11H,6H2,1-3H3,(H,17,18). The van der Waals surface area contributed by atoms with E-state index < -0.39 is 12.0 Å². The molecule has 1 N–H and O–H groups in total. The second kappa shape index (κ2) is 5.24. The van der Waals surface area contributed by atoms with Crippen LogP contribution >= 0.6 is 11.8 Å². The number of carbonyl (C=O) groups excluding carboxylic acids is 1. The lowest BCUT2D eigenvalue weighted by Gasteiger charge is -2.29. The Morgan fingerprint density at radius 1 is 1.53 bits per heavy atom. The van der Waals surface area contributed by atoms with Crippen LogP contribution in [0.4, 0.5) is 0 Å². The van der Waals surface area contributed by atoms with E-state index in [4.69, 9.17) is 0 Å². The summed E-state index contributed by atoms with van der Waals surface area (Å²) in [5, 5.41) is 13.1. The average molecular weight is 283 g/mol. The van der Waals surface area contributed by atoms with Crippen molar-refractivity contribution >= 4 is 23.6 Å². The third-order valence-corrected chi connectivity index (χ3v) is 4.70. The molecule has 1 aromatic heterocycles. The summed E-state index contributed by atoms with van der Waals surface area (Å²) in [6.45, 7) is 3.98. The Kier molecular flexibility index (Phi) is 3.84. The number of carboxylic acids is 1. The summed E-state index contributed by atoms with van der Waals surface area (Å²) in [6.07, 6.45) is 3.09. The van der Waals surface area contributed by atoms with E-state index in [0.29, 0.717) is 11.3 Å². The van der Waals surface area contributed by atoms with Gasteiger partial charge in [0.05, 0.1) is 17.1 Å². The summed E-state index contributed by atoms with van der Waals surface area (Å²) in [7, 11) is 1.73. The number of aromatic nitrogens is 2. The fourth-order valence-electron chi connectivity index (χ4n) is 2.17. The first-order valence-corrected chi connectivity index (χ1v) is 7.12. The summed E-state index contributed by atoms with van der Waals surface area (Å²) in [6, 6.07) is -0.759. The lowest BCUT2D eigenvalue weighted by molar-refractivity contribution is -0.141. The molecule has 0 spiro atoms. The van der Waals surface area contributed by atoms with E-state index >= 15 is 0 Å². The first-order chi connectivity index (χ1) is 8.91. The van der Waals surface area contributed by atoms with Crippen molar-refractivity contribution < 1.29 is 14.7 Å². The molecule has 0 bridgehead atoms. The van der Waals surface area contributed by atoms with Gasteiger partial charge in [0.15, 0.2) is 0 Å². The highest BCUT2D eigenvalue weighted by Gasteiger charge is 2.43. The van der Waals surface area contributed by atoms with Crippen molar-refractivity contribution in [3.8, 4) is 0 Å². The predicted molar refractivity (Wildman–Crippen MR) is 71.9 cm³/mol. The van der Waals surface area contributed by atoms with Crippen LogP contribution in [0.2, 0.25) is 0 Å². The van der Waals surface area contributed by atoms with E-state index in [2.05, 4.69) is 5.10 Å². The number of rotatable bonds is 3. The summed E-state index contributed by atoms with van der Waals surface area (Å²) < 4.78 is 1.54. The Morgan fingerprint density at radius 2 is 2.21 bits per heavy atom. The molecule has 1 aliphatic rings. The van der Waals surface area contributed by atoms with Gasteiger partial charge in [-0.1, -0.05) is 13.8 Å². The molecule has 1 saturated heterocycles. The zero-order valence-electron chi connectivity index (χ0n) is 11.1. The van der Waals surface area contributed by atoms with Gasteiger partial charge >= 0.3 is 5.97 Å². The van der Waals surface area contributed by atoms with E-state index in [9.17, 15) is 14.7 Å². The first kappa shape index (κ1) is 13.9. The molecule has 7 heteroatoms. The molecule has 0 aromatic carbocycles. The van der Waals surface area contributed by atoms with Crippen LogP contribution in [-0.4, -0.2) is 48.8 Å². The minimum atomic E-state index is -0.951. The molecule has 2 unspecified atom stereocenters. The van der Waals surface area contributed by atoms with Crippen molar-refractivity contribution in [3.63, 3.8) is 0 Å². The van der Waals surface area contributed by atoms with Gasteiger partial charge in [-0.05, 0) is 5.92 Å². The zero-order chi connectivity index (χ0) is 14.2. The molecule has 0 aliphatic carbocycles. The van der Waals surface area contributed by atoms with Gasteiger partial charge in [-0.2, -0.15) is 5.10 Å². The zero-order valence-corrected chi connectivity index (χ0v) is 11.9. The molecular formula is C12H17N3O3S. The number of thioether (sulfide) groups is 1. The topological polar surface area (TPSA) is 75.4 Å². The molecule has 0 saturated carbocycles. The molecular weight excluding hydrogens is 266 g/mol. The molecule has 2 atom stereocenters. The minimum Gasteiger partial charge on any atom is -0.480 e. The number of amides is 1. The summed E-state index contributed by atoms with van der Waals surface area (Å²) in [5.74, 6) is -0.573. The molecule has 19 heavy (non-hydrogen) atoms. The third-order valence-electron chi connectivity index (χ3n) is 3.08. The van der Waals surface area contributed by atoms with Crippen molar-refractivity contribution in [1.82, 2.24) is 14.7 Å². The van der Waals surface area contributed by atoms with Crippen molar-refractivity contribution in [2.45, 2.75) is 25.3 Å². The summed E-state index contributed by atoms with van der Waals surface area (Å²) >= 11 is 1.52. The number of carboxylic acid groups (broad SMARTS) is 1. The van der Waals surface area contributed by atoms with Crippen LogP contribution in [0.5, 0.6) is 0 Å². The number of aliphatic carboxylic acids is 1. The largest absolute Gasteiger partial charge is 0.480 e. The Morgan fingerprint density at radius 3 is 2.68 bits per heavy atom. The van der Waals surface area contributed by atoms with Crippen molar-refractivity contribution in [2.75, 3.05) is 5.75 Å². The normalized spacial score (nSPS) is 23.1. The quantitative estimate of drug-likeness (QED) is 0.897. The van der Waals surface area contributed by atoms with Crippen LogP contribution in [0.3, 0.4) is 0 Å². The van der Waals surface area contributed by atoms with E-state index in [1.165, 1.54) is 27.5 Å². The summed E-state index contributed by atoms with van der Waals surface area (Å²) in [5.41, 5.74) is 0.432. The number of carbonyl (C=O) groups is 2. The second-order valence-electron chi connectivity index (χ2n) is 4.94. The molecule has 2 rings (SSSR count). The predicted octanol–water partition coefficient (Wildman–Crippen LogP) is 1.04. The third kappa shape index (κ3) is 2.60. The highest BCUT2D eigenvalue weighted by Crippen LogP contribution is 2.35. The second-order valence-corrected chi connectivity index (χ2v) is 6.09. The fourth-order valence-corrected chi connectivity index (χ4v) is 3.64.